The van der Waals surface area contributed by atoms with Crippen molar-refractivity contribution >= 4 is 37.4 Å². The fourth-order valence-electron chi connectivity index (χ4n) is 7.73. The molecule has 6 atom stereocenters. The summed E-state index contributed by atoms with van der Waals surface area (Å²) in [4.78, 5) is 0.365. The molecule has 0 heterocycles. The molecule has 4 aliphatic carbocycles. The third-order valence-corrected chi connectivity index (χ3v) is 13.9. The van der Waals surface area contributed by atoms with Gasteiger partial charge in [-0.2, -0.15) is 0 Å². The quantitative estimate of drug-likeness (QED) is 0.267. The van der Waals surface area contributed by atoms with Gasteiger partial charge >= 0.3 is 0 Å². The molecule has 0 unspecified atom stereocenters. The number of fused-ring (bicyclic) bond motifs is 8. The Bertz CT molecular complexity index is 1590. The van der Waals surface area contributed by atoms with Crippen molar-refractivity contribution in [1.29, 1.82) is 0 Å². The minimum atomic E-state index is -3.97. The van der Waals surface area contributed by atoms with E-state index in [0.29, 0.717) is 16.9 Å². The third kappa shape index (κ3) is 3.46. The van der Waals surface area contributed by atoms with Gasteiger partial charge in [-0.05, 0) is 73.1 Å². The Morgan fingerprint density at radius 3 is 1.53 bits per heavy atom. The molecule has 194 valence electrons. The second-order valence-electron chi connectivity index (χ2n) is 10.9. The number of halogens is 1. The van der Waals surface area contributed by atoms with Crippen LogP contribution in [0, 0.1) is 23.7 Å². The molecule has 0 radical (unpaired) electrons. The predicted octanol–water partition coefficient (Wildman–Crippen LogP) is 6.39. The van der Waals surface area contributed by atoms with Crippen molar-refractivity contribution in [2.24, 2.45) is 23.7 Å². The molecule has 0 amide bonds. The Labute approximate surface area is 228 Å². The minimum absolute atomic E-state index is 0.182. The van der Waals surface area contributed by atoms with Crippen molar-refractivity contribution in [2.75, 3.05) is 0 Å². The molecule has 2 fully saturated rings. The third-order valence-electron chi connectivity index (χ3n) is 9.08. The summed E-state index contributed by atoms with van der Waals surface area (Å²) >= 11 is 6.14. The standard InChI is InChI=1S/C31H27ClO4S2/c32-22-15-11-19(12-16-22)17-25-28-26-20-13-14-21(18-20)27(26)29(25)31(38(35,36)24-9-5-2-6-10-24)30(28)37(33,34)23-7-3-1-4-8-23/h1-12,15-17,20-21,28-31H,13-14,18H2/t20-,21-,28-,29-,30-,31-/m0/s1. The first kappa shape index (κ1) is 24.4. The van der Waals surface area contributed by atoms with Crippen LogP contribution in [0.1, 0.15) is 24.8 Å². The van der Waals surface area contributed by atoms with Gasteiger partial charge in [0.15, 0.2) is 19.7 Å². The SMILES string of the molecule is O=S(=O)(c1ccccc1)[C@H]1[C@H]2C(=Cc3ccc(Cl)cc3)[C@@H](C3=C2[C@H]2CC[C@H]3C2)[C@@H]1S(=O)(=O)c1ccccc1. The van der Waals surface area contributed by atoms with Crippen LogP contribution in [0.2, 0.25) is 5.02 Å². The Morgan fingerprint density at radius 2 is 1.08 bits per heavy atom. The molecular weight excluding hydrogens is 536 g/mol. The van der Waals surface area contributed by atoms with E-state index in [1.807, 2.05) is 30.3 Å². The highest BCUT2D eigenvalue weighted by Crippen LogP contribution is 2.68. The zero-order valence-electron chi connectivity index (χ0n) is 20.6. The van der Waals surface area contributed by atoms with E-state index in [1.54, 1.807) is 60.7 Å². The average molecular weight is 563 g/mol. The fraction of sp³-hybridized carbons (Fsp3) is 0.290. The van der Waals surface area contributed by atoms with Gasteiger partial charge in [-0.25, -0.2) is 16.8 Å². The summed E-state index contributed by atoms with van der Waals surface area (Å²) in [6.45, 7) is 0. The number of hydrogen-bond donors (Lipinski definition) is 0. The van der Waals surface area contributed by atoms with Crippen LogP contribution in [0.3, 0.4) is 0 Å². The summed E-state index contributed by atoms with van der Waals surface area (Å²) in [5, 5.41) is -1.53. The van der Waals surface area contributed by atoms with Crippen LogP contribution < -0.4 is 0 Å². The highest BCUT2D eigenvalue weighted by molar-refractivity contribution is 7.96. The van der Waals surface area contributed by atoms with E-state index in [2.05, 4.69) is 0 Å². The van der Waals surface area contributed by atoms with E-state index in [4.69, 9.17) is 11.6 Å². The number of hydrogen-bond acceptors (Lipinski definition) is 4. The molecule has 7 rings (SSSR count). The Hall–Kier alpha value is -2.67. The average Bonchev–Trinajstić information content (AvgIpc) is 3.70. The number of benzene rings is 3. The van der Waals surface area contributed by atoms with Crippen LogP contribution >= 0.6 is 11.6 Å². The molecule has 38 heavy (non-hydrogen) atoms. The molecule has 7 heteroatoms. The van der Waals surface area contributed by atoms with E-state index in [0.717, 1.165) is 30.4 Å². The zero-order chi connectivity index (χ0) is 26.2. The molecule has 0 aromatic heterocycles. The summed E-state index contributed by atoms with van der Waals surface area (Å²) in [7, 11) is -7.95. The molecule has 2 saturated carbocycles. The van der Waals surface area contributed by atoms with Gasteiger partial charge in [0.2, 0.25) is 0 Å². The number of rotatable bonds is 5. The molecule has 4 bridgehead atoms. The lowest BCUT2D eigenvalue weighted by atomic mass is 9.82. The maximum atomic E-state index is 14.4. The van der Waals surface area contributed by atoms with Crippen molar-refractivity contribution < 1.29 is 16.8 Å². The first-order valence-electron chi connectivity index (χ1n) is 13.1. The number of allylic oxidation sites excluding steroid dienone is 3. The Morgan fingerprint density at radius 1 is 0.632 bits per heavy atom. The van der Waals surface area contributed by atoms with Gasteiger partial charge in [-0.1, -0.05) is 82.9 Å². The van der Waals surface area contributed by atoms with Crippen LogP contribution in [0.15, 0.2) is 111 Å². The van der Waals surface area contributed by atoms with E-state index in [-0.39, 0.29) is 9.79 Å². The van der Waals surface area contributed by atoms with Crippen molar-refractivity contribution in [1.82, 2.24) is 0 Å². The summed E-state index contributed by atoms with van der Waals surface area (Å²) in [6.07, 6.45) is 5.16. The maximum absolute atomic E-state index is 14.4. The Kier molecular flexibility index (Phi) is 5.56. The maximum Gasteiger partial charge on any atom is 0.183 e. The molecule has 4 nitrogen and oxygen atoms in total. The first-order chi connectivity index (χ1) is 18.3. The van der Waals surface area contributed by atoms with E-state index in [1.165, 1.54) is 11.1 Å². The van der Waals surface area contributed by atoms with Crippen LogP contribution in [0.25, 0.3) is 6.08 Å². The van der Waals surface area contributed by atoms with Gasteiger partial charge in [-0.15, -0.1) is 0 Å². The number of sulfone groups is 2. The monoisotopic (exact) mass is 562 g/mol. The summed E-state index contributed by atoms with van der Waals surface area (Å²) < 4.78 is 57.7. The molecule has 0 spiro atoms. The molecular formula is C31H27ClO4S2. The summed E-state index contributed by atoms with van der Waals surface area (Å²) in [5.74, 6) is -0.190. The van der Waals surface area contributed by atoms with Crippen LogP contribution in [-0.4, -0.2) is 27.3 Å². The van der Waals surface area contributed by atoms with Crippen LogP contribution in [0.4, 0.5) is 0 Å². The van der Waals surface area contributed by atoms with Gasteiger partial charge in [0.1, 0.15) is 0 Å². The van der Waals surface area contributed by atoms with Gasteiger partial charge < -0.3 is 0 Å². The van der Waals surface area contributed by atoms with E-state index in [9.17, 15) is 16.8 Å². The first-order valence-corrected chi connectivity index (χ1v) is 16.5. The molecule has 0 N–H and O–H groups in total. The van der Waals surface area contributed by atoms with Crippen LogP contribution in [0.5, 0.6) is 0 Å². The van der Waals surface area contributed by atoms with Crippen molar-refractivity contribution in [3.8, 4) is 0 Å². The lowest BCUT2D eigenvalue weighted by molar-refractivity contribution is 0.494. The van der Waals surface area contributed by atoms with Gasteiger partial charge in [-0.3, -0.25) is 0 Å². The molecule has 3 aromatic carbocycles. The molecule has 0 saturated heterocycles. The molecule has 0 aliphatic heterocycles. The van der Waals surface area contributed by atoms with E-state index >= 15 is 0 Å². The highest BCUT2D eigenvalue weighted by atomic mass is 35.5. The second kappa shape index (κ2) is 8.67. The van der Waals surface area contributed by atoms with Gasteiger partial charge in [0.05, 0.1) is 20.3 Å². The lowest BCUT2D eigenvalue weighted by Crippen LogP contribution is -2.45. The predicted molar refractivity (Wildman–Crippen MR) is 149 cm³/mol. The normalized spacial score (nSPS) is 29.7. The fourth-order valence-corrected chi connectivity index (χ4v) is 12.8. The largest absolute Gasteiger partial charge is 0.223 e. The van der Waals surface area contributed by atoms with Gasteiger partial charge in [0.25, 0.3) is 0 Å². The minimum Gasteiger partial charge on any atom is -0.223 e. The summed E-state index contributed by atoms with van der Waals surface area (Å²) in [6, 6.07) is 24.2. The summed E-state index contributed by atoms with van der Waals surface area (Å²) in [5.41, 5.74) is 4.27. The van der Waals surface area contributed by atoms with Crippen LogP contribution in [-0.2, 0) is 19.7 Å². The van der Waals surface area contributed by atoms with E-state index < -0.39 is 42.0 Å². The van der Waals surface area contributed by atoms with Gasteiger partial charge in [0, 0.05) is 16.9 Å². The topological polar surface area (TPSA) is 68.3 Å². The molecule has 3 aromatic rings. The Balaban J connectivity index is 1.49. The molecule has 4 aliphatic rings. The zero-order valence-corrected chi connectivity index (χ0v) is 23.0. The van der Waals surface area contributed by atoms with Crippen molar-refractivity contribution in [2.45, 2.75) is 39.6 Å². The van der Waals surface area contributed by atoms with Crippen molar-refractivity contribution in [3.05, 3.63) is 112 Å². The van der Waals surface area contributed by atoms with Crippen molar-refractivity contribution in [3.63, 3.8) is 0 Å². The second-order valence-corrected chi connectivity index (χ2v) is 15.6. The lowest BCUT2D eigenvalue weighted by Gasteiger charge is -2.35. The smallest absolute Gasteiger partial charge is 0.183 e. The highest BCUT2D eigenvalue weighted by Gasteiger charge is 2.67.